The largest absolute Gasteiger partial charge is 0.147 e. The van der Waals surface area contributed by atoms with Crippen LogP contribution in [0.15, 0.2) is 41.1 Å². The Bertz CT molecular complexity index is 509. The maximum absolute atomic E-state index is 2.66. The minimum Gasteiger partial charge on any atom is -0.147 e. The van der Waals surface area contributed by atoms with E-state index in [9.17, 15) is 0 Å². The summed E-state index contributed by atoms with van der Waals surface area (Å²) in [5, 5.41) is 0. The van der Waals surface area contributed by atoms with Gasteiger partial charge in [-0.25, -0.2) is 0 Å². The van der Waals surface area contributed by atoms with Crippen molar-refractivity contribution in [1.29, 1.82) is 0 Å². The maximum atomic E-state index is 2.66. The van der Waals surface area contributed by atoms with Crippen LogP contribution >= 0.6 is 24.8 Å². The van der Waals surface area contributed by atoms with Gasteiger partial charge >= 0.3 is 136 Å². The van der Waals surface area contributed by atoms with Crippen molar-refractivity contribution in [3.05, 3.63) is 41.1 Å². The monoisotopic (exact) mass is 571 g/mol. The fourth-order valence-corrected chi connectivity index (χ4v) is 55.7. The molecule has 0 amide bonds. The zero-order chi connectivity index (χ0) is 15.2. The summed E-state index contributed by atoms with van der Waals surface area (Å²) in [6, 6.07) is 0. The van der Waals surface area contributed by atoms with Gasteiger partial charge in [-0.15, -0.1) is 24.8 Å². The average molecular weight is 569 g/mol. The van der Waals surface area contributed by atoms with Crippen LogP contribution in [-0.4, -0.2) is 10.6 Å². The molecule has 0 aromatic heterocycles. The Morgan fingerprint density at radius 1 is 0.773 bits per heavy atom. The summed E-state index contributed by atoms with van der Waals surface area (Å²) >= 11 is -1.77. The van der Waals surface area contributed by atoms with E-state index in [-0.39, 0.29) is 24.8 Å². The predicted molar refractivity (Wildman–Crippen MR) is 105 cm³/mol. The Morgan fingerprint density at radius 2 is 1.09 bits per heavy atom. The van der Waals surface area contributed by atoms with Crippen molar-refractivity contribution < 1.29 is 19.0 Å². The third kappa shape index (κ3) is 4.13. The molecule has 4 heteroatoms. The quantitative estimate of drug-likeness (QED) is 0.357. The molecule has 0 saturated heterocycles. The van der Waals surface area contributed by atoms with Gasteiger partial charge in [0.05, 0.1) is 0 Å². The van der Waals surface area contributed by atoms with Crippen LogP contribution in [0.2, 0.25) is 11.5 Å². The molecule has 0 radical (unpaired) electrons. The minimum atomic E-state index is -1.77. The molecule has 0 bridgehead atoms. The molecule has 0 nitrogen and oxygen atoms in total. The molecule has 0 heterocycles. The number of rotatable bonds is 3. The van der Waals surface area contributed by atoms with Crippen molar-refractivity contribution in [3.8, 4) is 0 Å². The van der Waals surface area contributed by atoms with Gasteiger partial charge in [-0.2, -0.15) is 0 Å². The van der Waals surface area contributed by atoms with Crippen LogP contribution in [0.25, 0.3) is 0 Å². The molecule has 125 valence electrons. The molecule has 2 aliphatic rings. The third-order valence-electron chi connectivity index (χ3n) is 5.06. The van der Waals surface area contributed by atoms with Crippen molar-refractivity contribution in [2.75, 3.05) is 0 Å². The number of hydrogen-bond donors (Lipinski definition) is 0. The molecule has 2 atom stereocenters. The Kier molecular flexibility index (Phi) is 9.26. The Labute approximate surface area is 159 Å². The van der Waals surface area contributed by atoms with Gasteiger partial charge in [0.1, 0.15) is 0 Å². The Hall–Kier alpha value is 0.953. The van der Waals surface area contributed by atoms with Crippen LogP contribution in [0.4, 0.5) is 0 Å². The first-order valence-corrected chi connectivity index (χ1v) is 28.3. The average Bonchev–Trinajstić information content (AvgIpc) is 2.72. The van der Waals surface area contributed by atoms with Gasteiger partial charge in [0, 0.05) is 0 Å². The smallest absolute Gasteiger partial charge is 0.147 e. The van der Waals surface area contributed by atoms with Crippen molar-refractivity contribution >= 4 is 35.5 Å². The molecule has 0 saturated carbocycles. The van der Waals surface area contributed by atoms with Crippen molar-refractivity contribution in [3.63, 3.8) is 0 Å². The maximum Gasteiger partial charge on any atom is -0.147 e. The summed E-state index contributed by atoms with van der Waals surface area (Å²) in [5.74, 6) is 6.80. The van der Waals surface area contributed by atoms with Crippen molar-refractivity contribution in [2.24, 2.45) is 11.8 Å². The summed E-state index contributed by atoms with van der Waals surface area (Å²) < 4.78 is 3.93. The molecular weight excluding hydrogens is 538 g/mol. The van der Waals surface area contributed by atoms with E-state index in [2.05, 4.69) is 65.2 Å². The summed E-state index contributed by atoms with van der Waals surface area (Å²) in [5.41, 5.74) is 6.48. The fourth-order valence-electron chi connectivity index (χ4n) is 3.94. The van der Waals surface area contributed by atoms with Gasteiger partial charge in [-0.1, -0.05) is 0 Å². The van der Waals surface area contributed by atoms with Crippen molar-refractivity contribution in [2.45, 2.75) is 53.1 Å². The molecule has 0 fully saturated rings. The van der Waals surface area contributed by atoms with E-state index in [1.807, 2.05) is 6.66 Å². The zero-order valence-corrected chi connectivity index (χ0v) is 22.9. The topological polar surface area (TPSA) is 0 Å². The molecule has 22 heavy (non-hydrogen) atoms. The van der Waals surface area contributed by atoms with Gasteiger partial charge in [-0.05, 0) is 0 Å². The van der Waals surface area contributed by atoms with E-state index in [0.29, 0.717) is 0 Å². The second-order valence-electron chi connectivity index (χ2n) is 6.92. The van der Waals surface area contributed by atoms with E-state index >= 15 is 0 Å². The van der Waals surface area contributed by atoms with E-state index in [0.717, 1.165) is 11.8 Å². The third-order valence-corrected chi connectivity index (χ3v) is 49.9. The zero-order valence-electron chi connectivity index (χ0n) is 15.2. The SMILES string of the molecule is CC1=CC(C)[C]([Hf]([C]2=C(C)C(C)=CC2C)[GeH]([CH3])[CH3])=C1C.Cl.Cl. The summed E-state index contributed by atoms with van der Waals surface area (Å²) in [7, 11) is -1.07. The second-order valence-corrected chi connectivity index (χ2v) is 50.1. The van der Waals surface area contributed by atoms with Crippen LogP contribution < -0.4 is 0 Å². The number of halogens is 2. The van der Waals surface area contributed by atoms with Crippen LogP contribution in [-0.2, 0) is 19.0 Å². The predicted octanol–water partition coefficient (Wildman–Crippen LogP) is 6.17. The van der Waals surface area contributed by atoms with E-state index < -0.39 is 29.6 Å². The van der Waals surface area contributed by atoms with Gasteiger partial charge in [0.25, 0.3) is 0 Å². The van der Waals surface area contributed by atoms with Gasteiger partial charge in [0.15, 0.2) is 0 Å². The minimum absolute atomic E-state index is 0. The van der Waals surface area contributed by atoms with Crippen molar-refractivity contribution in [1.82, 2.24) is 0 Å². The summed E-state index contributed by atoms with van der Waals surface area (Å²) in [6.07, 6.45) is 5.05. The molecule has 0 aliphatic heterocycles. The van der Waals surface area contributed by atoms with E-state index in [4.69, 9.17) is 0 Å². The van der Waals surface area contributed by atoms with Crippen LogP contribution in [0.3, 0.4) is 0 Å². The van der Waals surface area contributed by atoms with E-state index in [1.165, 1.54) is 0 Å². The molecule has 2 unspecified atom stereocenters. The number of hydrogen-bond acceptors (Lipinski definition) is 0. The molecule has 2 aliphatic carbocycles. The van der Waals surface area contributed by atoms with Crippen LogP contribution in [0, 0.1) is 11.8 Å². The molecule has 0 aromatic carbocycles. The summed E-state index contributed by atoms with van der Waals surface area (Å²) in [4.78, 5) is 0. The first-order valence-electron chi connectivity index (χ1n) is 7.92. The molecule has 0 N–H and O–H groups in total. The first kappa shape index (κ1) is 23.0. The van der Waals surface area contributed by atoms with E-state index in [1.54, 1.807) is 22.3 Å². The van der Waals surface area contributed by atoms with Gasteiger partial charge in [-0.3, -0.25) is 0 Å². The van der Waals surface area contributed by atoms with Crippen LogP contribution in [0.5, 0.6) is 0 Å². The standard InChI is InChI=1S/2C8H11.C2H7Ge.2ClH.Hf/c2*1-6-4-7(2)8(3)5-6;1-3-2;;;/h2*4,6H,1-3H3;3H,1-2H3;2*1H;. The Balaban J connectivity index is 0.00000220. The normalized spacial score (nSPS) is 24.2. The molecule has 0 aromatic rings. The molecular formula is C18H31Cl2GeHf. The molecule has 2 rings (SSSR count). The van der Waals surface area contributed by atoms with Crippen LogP contribution in [0.1, 0.15) is 41.5 Å². The fraction of sp³-hybridized carbons (Fsp3) is 0.556. The first-order chi connectivity index (χ1) is 9.25. The van der Waals surface area contributed by atoms with Gasteiger partial charge in [0.2, 0.25) is 0 Å². The van der Waals surface area contributed by atoms with Gasteiger partial charge < -0.3 is 0 Å². The number of allylic oxidation sites excluding steroid dienone is 8. The summed E-state index contributed by atoms with van der Waals surface area (Å²) in [6.45, 7) is 14.3. The Morgan fingerprint density at radius 3 is 1.27 bits per heavy atom. The second kappa shape index (κ2) is 8.88. The molecule has 0 spiro atoms.